The normalized spacial score (nSPS) is 18.6. The molecule has 2 aliphatic rings. The van der Waals surface area contributed by atoms with E-state index in [1.54, 1.807) is 11.3 Å². The number of hydrogen-bond acceptors (Lipinski definition) is 14. The first kappa shape index (κ1) is 53.1. The predicted octanol–water partition coefficient (Wildman–Crippen LogP) is 11.2. The van der Waals surface area contributed by atoms with Crippen molar-refractivity contribution in [2.45, 2.75) is 109 Å². The van der Waals surface area contributed by atoms with Crippen LogP contribution in [0.1, 0.15) is 114 Å². The number of hydrogen-bond donors (Lipinski definition) is 1. The number of thiazole rings is 1. The molecule has 0 amide bonds. The average molecular weight is 968 g/mol. The summed E-state index contributed by atoms with van der Waals surface area (Å²) in [6.45, 7) is 12.8. The number of fused-ring (bicyclic) bond motifs is 1. The van der Waals surface area contributed by atoms with Gasteiger partial charge in [-0.05, 0) is 149 Å². The van der Waals surface area contributed by atoms with E-state index in [0.717, 1.165) is 95.8 Å². The number of aliphatic hydroxyl groups is 1. The van der Waals surface area contributed by atoms with E-state index in [1.807, 2.05) is 53.7 Å². The summed E-state index contributed by atoms with van der Waals surface area (Å²) in [7, 11) is 0. The molecule has 3 aromatic carbocycles. The number of aliphatic hydroxyl groups excluding tert-OH is 1. The van der Waals surface area contributed by atoms with Crippen LogP contribution in [0.3, 0.4) is 0 Å². The summed E-state index contributed by atoms with van der Waals surface area (Å²) in [6.07, 6.45) is 18.0. The van der Waals surface area contributed by atoms with Gasteiger partial charge in [0.25, 0.3) is 0 Å². The second kappa shape index (κ2) is 29.7. The molecule has 1 heterocycles. The van der Waals surface area contributed by atoms with Crippen molar-refractivity contribution in [3.63, 3.8) is 0 Å². The van der Waals surface area contributed by atoms with E-state index >= 15 is 0 Å². The number of rotatable bonds is 31. The van der Waals surface area contributed by atoms with Crippen molar-refractivity contribution in [1.82, 2.24) is 4.98 Å². The summed E-state index contributed by atoms with van der Waals surface area (Å²) in [5.41, 5.74) is 3.19. The third-order valence-electron chi connectivity index (χ3n) is 12.9. The highest BCUT2D eigenvalue weighted by molar-refractivity contribution is 7.22. The Balaban J connectivity index is 1.02. The van der Waals surface area contributed by atoms with Crippen LogP contribution in [0.15, 0.2) is 97.1 Å². The van der Waals surface area contributed by atoms with Gasteiger partial charge in [-0.2, -0.15) is 5.10 Å². The first-order valence-corrected chi connectivity index (χ1v) is 25.9. The van der Waals surface area contributed by atoms with E-state index in [2.05, 4.69) is 44.3 Å². The fraction of sp³-hybridized carbons (Fsp3) is 0.527. The molecule has 1 aromatic heterocycles. The lowest BCUT2D eigenvalue weighted by atomic mass is 9.77. The first-order chi connectivity index (χ1) is 33.8. The van der Waals surface area contributed by atoms with Gasteiger partial charge < -0.3 is 38.3 Å². The lowest BCUT2D eigenvalue weighted by molar-refractivity contribution is -0.139. The number of nitrogens with zero attached hydrogens (tertiary/aromatic N) is 3. The number of unbranched alkanes of at least 4 members (excludes halogenated alkanes) is 3. The highest BCUT2D eigenvalue weighted by Gasteiger charge is 2.29. The topological polar surface area (TPSA) is 147 Å². The Hall–Kier alpha value is -5.28. The molecular formula is C55H73N3O10S. The minimum Gasteiger partial charge on any atom is -0.494 e. The van der Waals surface area contributed by atoms with Crippen LogP contribution in [-0.4, -0.2) is 93.9 Å². The van der Waals surface area contributed by atoms with Crippen LogP contribution in [0.2, 0.25) is 0 Å². The molecule has 69 heavy (non-hydrogen) atoms. The van der Waals surface area contributed by atoms with Crippen LogP contribution in [0, 0.1) is 17.8 Å². The van der Waals surface area contributed by atoms with Crippen molar-refractivity contribution in [3.05, 3.63) is 103 Å². The van der Waals surface area contributed by atoms with Crippen LogP contribution in [0.4, 0.5) is 5.13 Å². The molecule has 13 nitrogen and oxygen atoms in total. The zero-order chi connectivity index (χ0) is 48.5. The van der Waals surface area contributed by atoms with Gasteiger partial charge in [-0.1, -0.05) is 62.5 Å². The molecule has 0 radical (unpaired) electrons. The van der Waals surface area contributed by atoms with Crippen LogP contribution in [-0.2, 0) is 28.5 Å². The number of benzene rings is 3. The highest BCUT2D eigenvalue weighted by atomic mass is 32.1. The monoisotopic (exact) mass is 968 g/mol. The molecule has 2 aliphatic carbocycles. The number of carbonyl (C=O) groups is 2. The number of esters is 2. The smallest absolute Gasteiger partial charge is 0.330 e. The standard InChI is InChI=1S/C55H73N3O10S/c1-4-13-41-16-20-43(21-17-41)45-24-29-50(46(38-45)39-56-58(55-57-49-14-9-10-15-51(49)69-55)30-33-62-34-35-63-36-37-66-53(60)6-3)67-40-42-18-22-44(23-19-42)54(61)68-48-27-25-47(26-28-48)64-31-11-7-8-12-32-65-52(59)5-2/h5-6,9-10,14-15,24-29,38-39,41-44,54,61H,2-4,7-8,11-13,16-23,30-37,40H2,1H3/b56-39+. The molecule has 1 atom stereocenters. The largest absolute Gasteiger partial charge is 0.494 e. The molecule has 0 bridgehead atoms. The second-order valence-electron chi connectivity index (χ2n) is 17.9. The van der Waals surface area contributed by atoms with E-state index in [1.165, 1.54) is 50.2 Å². The highest BCUT2D eigenvalue weighted by Crippen LogP contribution is 2.39. The minimum absolute atomic E-state index is 0.0331. The van der Waals surface area contributed by atoms with Gasteiger partial charge in [0, 0.05) is 23.6 Å². The quantitative estimate of drug-likeness (QED) is 0.0128. The summed E-state index contributed by atoms with van der Waals surface area (Å²) >= 11 is 1.59. The van der Waals surface area contributed by atoms with Crippen molar-refractivity contribution in [2.75, 3.05) is 64.4 Å². The van der Waals surface area contributed by atoms with Crippen LogP contribution in [0.25, 0.3) is 10.2 Å². The lowest BCUT2D eigenvalue weighted by Gasteiger charge is -2.31. The molecule has 0 spiro atoms. The lowest BCUT2D eigenvalue weighted by Crippen LogP contribution is -2.31. The number of para-hydroxylation sites is 1. The Labute approximate surface area is 412 Å². The number of hydrazone groups is 1. The number of carbonyl (C=O) groups excluding carboxylic acids is 2. The van der Waals surface area contributed by atoms with Gasteiger partial charge in [0.1, 0.15) is 23.9 Å². The molecule has 2 fully saturated rings. The maximum absolute atomic E-state index is 11.3. The SMILES string of the molecule is C=CC(=O)OCCCCCCOc1ccc(OC(O)C2CCC(COc3ccc(C4CCC(CCC)CC4)cc3/C=N/N(CCOCCOCCOC(=O)C=C)c3nc4ccccc4s3)CC2)cc1. The van der Waals surface area contributed by atoms with Gasteiger partial charge in [-0.3, -0.25) is 0 Å². The Morgan fingerprint density at radius 3 is 2.16 bits per heavy atom. The average Bonchev–Trinajstić information content (AvgIpc) is 3.82. The third kappa shape index (κ3) is 18.2. The summed E-state index contributed by atoms with van der Waals surface area (Å²) < 4.78 is 41.2. The van der Waals surface area contributed by atoms with E-state index in [-0.39, 0.29) is 25.1 Å². The zero-order valence-corrected chi connectivity index (χ0v) is 41.3. The van der Waals surface area contributed by atoms with Crippen molar-refractivity contribution in [1.29, 1.82) is 0 Å². The van der Waals surface area contributed by atoms with Crippen molar-refractivity contribution < 1.29 is 47.9 Å². The molecule has 2 saturated carbocycles. The van der Waals surface area contributed by atoms with Crippen LogP contribution in [0.5, 0.6) is 17.2 Å². The summed E-state index contributed by atoms with van der Waals surface area (Å²) in [6, 6.07) is 22.2. The Kier molecular flexibility index (Phi) is 22.8. The molecule has 0 aliphatic heterocycles. The van der Waals surface area contributed by atoms with Crippen LogP contribution < -0.4 is 19.2 Å². The van der Waals surface area contributed by atoms with Gasteiger partial charge >= 0.3 is 11.9 Å². The number of anilines is 1. The zero-order valence-electron chi connectivity index (χ0n) is 40.5. The second-order valence-corrected chi connectivity index (χ2v) is 18.9. The fourth-order valence-electron chi connectivity index (χ4n) is 8.96. The van der Waals surface area contributed by atoms with E-state index in [4.69, 9.17) is 43.2 Å². The van der Waals surface area contributed by atoms with Crippen molar-refractivity contribution in [3.8, 4) is 17.2 Å². The minimum atomic E-state index is -0.894. The predicted molar refractivity (Wildman–Crippen MR) is 273 cm³/mol. The summed E-state index contributed by atoms with van der Waals surface area (Å²) in [5, 5.41) is 18.9. The van der Waals surface area contributed by atoms with Gasteiger partial charge in [-0.15, -0.1) is 0 Å². The van der Waals surface area contributed by atoms with Gasteiger partial charge in [0.2, 0.25) is 5.13 Å². The molecule has 14 heteroatoms. The van der Waals surface area contributed by atoms with Crippen molar-refractivity contribution >= 4 is 44.8 Å². The maximum atomic E-state index is 11.3. The van der Waals surface area contributed by atoms with E-state index in [0.29, 0.717) is 63.8 Å². The Morgan fingerprint density at radius 1 is 0.768 bits per heavy atom. The summed E-state index contributed by atoms with van der Waals surface area (Å²) in [5.74, 6) is 3.04. The first-order valence-electron chi connectivity index (χ1n) is 25.1. The fourth-order valence-corrected chi connectivity index (χ4v) is 9.91. The van der Waals surface area contributed by atoms with Gasteiger partial charge in [0.05, 0.1) is 69.2 Å². The van der Waals surface area contributed by atoms with Crippen molar-refractivity contribution in [2.24, 2.45) is 22.9 Å². The molecule has 1 N–H and O–H groups in total. The molecule has 4 aromatic rings. The van der Waals surface area contributed by atoms with Gasteiger partial charge in [-0.25, -0.2) is 19.6 Å². The Morgan fingerprint density at radius 2 is 1.43 bits per heavy atom. The molecule has 0 saturated heterocycles. The van der Waals surface area contributed by atoms with Crippen LogP contribution >= 0.6 is 11.3 Å². The molecule has 6 rings (SSSR count). The molecular weight excluding hydrogens is 895 g/mol. The Bertz CT molecular complexity index is 2150. The molecule has 374 valence electrons. The van der Waals surface area contributed by atoms with Gasteiger partial charge in [0.15, 0.2) is 6.29 Å². The third-order valence-corrected chi connectivity index (χ3v) is 14.0. The number of aromatic nitrogens is 1. The molecule has 1 unspecified atom stereocenters. The number of ether oxygens (including phenoxy) is 7. The van der Waals surface area contributed by atoms with E-state index < -0.39 is 12.3 Å². The van der Waals surface area contributed by atoms with E-state index in [9.17, 15) is 14.7 Å². The summed E-state index contributed by atoms with van der Waals surface area (Å²) in [4.78, 5) is 27.3. The maximum Gasteiger partial charge on any atom is 0.330 e.